The third kappa shape index (κ3) is 3.53. The van der Waals surface area contributed by atoms with Crippen LogP contribution in [-0.4, -0.2) is 47.6 Å². The zero-order valence-electron chi connectivity index (χ0n) is 11.5. The van der Waals surface area contributed by atoms with E-state index in [0.29, 0.717) is 19.6 Å². The molecule has 1 aromatic heterocycles. The second-order valence-corrected chi connectivity index (χ2v) is 4.63. The molecular formula is C14H21N3O2. The van der Waals surface area contributed by atoms with E-state index in [1.165, 1.54) is 0 Å². The molecule has 1 atom stereocenters. The van der Waals surface area contributed by atoms with Crippen LogP contribution in [0.1, 0.15) is 5.82 Å². The molecule has 0 fully saturated rings. The van der Waals surface area contributed by atoms with Gasteiger partial charge < -0.3 is 19.7 Å². The lowest BCUT2D eigenvalue weighted by atomic mass is 10.2. The van der Waals surface area contributed by atoms with Crippen LogP contribution in [0.15, 0.2) is 24.3 Å². The van der Waals surface area contributed by atoms with Crippen LogP contribution >= 0.6 is 0 Å². The Morgan fingerprint density at radius 1 is 1.42 bits per heavy atom. The maximum atomic E-state index is 9.99. The van der Waals surface area contributed by atoms with E-state index >= 15 is 0 Å². The first kappa shape index (κ1) is 14.0. The fraction of sp³-hybridized carbons (Fsp3) is 0.500. The molecule has 1 unspecified atom stereocenters. The highest BCUT2D eigenvalue weighted by Gasteiger charge is 2.11. The minimum absolute atomic E-state index is 0.438. The molecule has 2 aromatic rings. The molecule has 5 heteroatoms. The molecule has 0 aliphatic heterocycles. The molecule has 0 saturated heterocycles. The van der Waals surface area contributed by atoms with Crippen molar-refractivity contribution in [3.63, 3.8) is 0 Å². The fourth-order valence-electron chi connectivity index (χ4n) is 2.10. The van der Waals surface area contributed by atoms with Crippen LogP contribution in [0.5, 0.6) is 0 Å². The number of hydrogen-bond acceptors (Lipinski definition) is 4. The summed E-state index contributed by atoms with van der Waals surface area (Å²) in [7, 11) is 3.65. The van der Waals surface area contributed by atoms with E-state index in [0.717, 1.165) is 23.4 Å². The summed E-state index contributed by atoms with van der Waals surface area (Å²) in [5, 5.41) is 13.1. The number of hydrogen-bond donors (Lipinski definition) is 2. The average molecular weight is 263 g/mol. The molecule has 1 heterocycles. The summed E-state index contributed by atoms with van der Waals surface area (Å²) in [6.07, 6.45) is 0.109. The van der Waals surface area contributed by atoms with E-state index in [1.54, 1.807) is 7.11 Å². The molecule has 5 nitrogen and oxygen atoms in total. The lowest BCUT2D eigenvalue weighted by Gasteiger charge is -2.11. The quantitative estimate of drug-likeness (QED) is 0.722. The van der Waals surface area contributed by atoms with Gasteiger partial charge in [0.15, 0.2) is 0 Å². The summed E-state index contributed by atoms with van der Waals surface area (Å²) in [5.41, 5.74) is 2.07. The van der Waals surface area contributed by atoms with E-state index in [1.807, 2.05) is 35.9 Å². The number of methoxy groups -OCH3 is 1. The van der Waals surface area contributed by atoms with Gasteiger partial charge in [0, 0.05) is 33.7 Å². The van der Waals surface area contributed by atoms with Crippen LogP contribution in [0.25, 0.3) is 11.0 Å². The molecule has 0 bridgehead atoms. The summed E-state index contributed by atoms with van der Waals surface area (Å²) in [6.45, 7) is 1.95. The molecule has 1 aromatic carbocycles. The van der Waals surface area contributed by atoms with Crippen LogP contribution in [0.4, 0.5) is 0 Å². The van der Waals surface area contributed by atoms with Gasteiger partial charge in [0.05, 0.1) is 23.7 Å². The summed E-state index contributed by atoms with van der Waals surface area (Å²) < 4.78 is 6.98. The minimum Gasteiger partial charge on any atom is -0.391 e. The van der Waals surface area contributed by atoms with Gasteiger partial charge in [-0.1, -0.05) is 12.1 Å². The molecule has 0 saturated carbocycles. The molecule has 104 valence electrons. The molecule has 0 amide bonds. The predicted molar refractivity (Wildman–Crippen MR) is 75.2 cm³/mol. The van der Waals surface area contributed by atoms with Crippen LogP contribution in [-0.2, 0) is 18.2 Å². The number of nitrogens with one attached hydrogen (secondary N) is 1. The maximum absolute atomic E-state index is 9.99. The summed E-state index contributed by atoms with van der Waals surface area (Å²) >= 11 is 0. The third-order valence-corrected chi connectivity index (χ3v) is 3.16. The predicted octanol–water partition coefficient (Wildman–Crippen LogP) is 0.713. The average Bonchev–Trinajstić information content (AvgIpc) is 2.72. The number of para-hydroxylation sites is 2. The Morgan fingerprint density at radius 2 is 2.21 bits per heavy atom. The van der Waals surface area contributed by atoms with Crippen molar-refractivity contribution in [3.05, 3.63) is 30.1 Å². The molecule has 2 N–H and O–H groups in total. The van der Waals surface area contributed by atoms with E-state index in [-0.39, 0.29) is 0 Å². The van der Waals surface area contributed by atoms with Gasteiger partial charge in [-0.05, 0) is 12.1 Å². The number of fused-ring (bicyclic) bond motifs is 1. The van der Waals surface area contributed by atoms with Gasteiger partial charge >= 0.3 is 0 Å². The van der Waals surface area contributed by atoms with Crippen LogP contribution < -0.4 is 5.32 Å². The molecule has 19 heavy (non-hydrogen) atoms. The van der Waals surface area contributed by atoms with Gasteiger partial charge in [-0.15, -0.1) is 0 Å². The number of aryl methyl sites for hydroxylation is 1. The fourth-order valence-corrected chi connectivity index (χ4v) is 2.10. The molecule has 0 radical (unpaired) electrons. The number of benzene rings is 1. The van der Waals surface area contributed by atoms with Crippen molar-refractivity contribution in [1.29, 1.82) is 0 Å². The van der Waals surface area contributed by atoms with E-state index in [2.05, 4.69) is 10.3 Å². The molecule has 0 aliphatic carbocycles. The van der Waals surface area contributed by atoms with Crippen molar-refractivity contribution in [2.75, 3.05) is 26.8 Å². The van der Waals surface area contributed by atoms with Gasteiger partial charge in [-0.25, -0.2) is 4.98 Å². The van der Waals surface area contributed by atoms with Gasteiger partial charge in [0.25, 0.3) is 0 Å². The SMILES string of the molecule is COCCNCC(O)Cc1nc2ccccc2n1C. The Morgan fingerprint density at radius 3 is 2.95 bits per heavy atom. The Kier molecular flexibility index (Phi) is 4.90. The zero-order valence-corrected chi connectivity index (χ0v) is 11.5. The Labute approximate surface area is 113 Å². The first-order valence-electron chi connectivity index (χ1n) is 6.50. The van der Waals surface area contributed by atoms with Crippen LogP contribution in [0.3, 0.4) is 0 Å². The number of aliphatic hydroxyl groups is 1. The number of ether oxygens (including phenoxy) is 1. The topological polar surface area (TPSA) is 59.3 Å². The van der Waals surface area contributed by atoms with E-state index in [9.17, 15) is 5.11 Å². The number of aliphatic hydroxyl groups excluding tert-OH is 1. The lowest BCUT2D eigenvalue weighted by molar-refractivity contribution is 0.157. The standard InChI is InChI=1S/C14H21N3O2/c1-17-13-6-4-3-5-12(13)16-14(17)9-11(18)10-15-7-8-19-2/h3-6,11,15,18H,7-10H2,1-2H3. The zero-order chi connectivity index (χ0) is 13.7. The molecular weight excluding hydrogens is 242 g/mol. The highest BCUT2D eigenvalue weighted by Crippen LogP contribution is 2.15. The number of nitrogens with zero attached hydrogens (tertiary/aromatic N) is 2. The molecule has 2 rings (SSSR count). The van der Waals surface area contributed by atoms with Gasteiger partial charge in [-0.2, -0.15) is 0 Å². The van der Waals surface area contributed by atoms with Crippen molar-refractivity contribution in [2.24, 2.45) is 7.05 Å². The maximum Gasteiger partial charge on any atom is 0.112 e. The Balaban J connectivity index is 1.95. The lowest BCUT2D eigenvalue weighted by Crippen LogP contribution is -2.31. The Bertz CT molecular complexity index is 524. The first-order valence-corrected chi connectivity index (χ1v) is 6.50. The van der Waals surface area contributed by atoms with Gasteiger partial charge in [-0.3, -0.25) is 0 Å². The second kappa shape index (κ2) is 6.65. The van der Waals surface area contributed by atoms with Crippen LogP contribution in [0.2, 0.25) is 0 Å². The van der Waals surface area contributed by atoms with Crippen molar-refractivity contribution in [3.8, 4) is 0 Å². The van der Waals surface area contributed by atoms with Gasteiger partial charge in [0.2, 0.25) is 0 Å². The summed E-state index contributed by atoms with van der Waals surface area (Å²) in [6, 6.07) is 8.00. The Hall–Kier alpha value is -1.43. The second-order valence-electron chi connectivity index (χ2n) is 4.63. The highest BCUT2D eigenvalue weighted by atomic mass is 16.5. The van der Waals surface area contributed by atoms with E-state index < -0.39 is 6.10 Å². The van der Waals surface area contributed by atoms with E-state index in [4.69, 9.17) is 4.74 Å². The van der Waals surface area contributed by atoms with Crippen molar-refractivity contribution in [2.45, 2.75) is 12.5 Å². The van der Waals surface area contributed by atoms with Crippen molar-refractivity contribution in [1.82, 2.24) is 14.9 Å². The minimum atomic E-state index is -0.438. The smallest absolute Gasteiger partial charge is 0.112 e. The van der Waals surface area contributed by atoms with Crippen molar-refractivity contribution >= 4 is 11.0 Å². The van der Waals surface area contributed by atoms with Crippen molar-refractivity contribution < 1.29 is 9.84 Å². The number of rotatable bonds is 7. The van der Waals surface area contributed by atoms with Gasteiger partial charge in [0.1, 0.15) is 5.82 Å². The first-order chi connectivity index (χ1) is 9.22. The monoisotopic (exact) mass is 263 g/mol. The summed E-state index contributed by atoms with van der Waals surface area (Å²) in [4.78, 5) is 4.55. The third-order valence-electron chi connectivity index (χ3n) is 3.16. The highest BCUT2D eigenvalue weighted by molar-refractivity contribution is 5.75. The van der Waals surface area contributed by atoms with Crippen LogP contribution in [0, 0.1) is 0 Å². The largest absolute Gasteiger partial charge is 0.391 e. The normalized spacial score (nSPS) is 13.0. The molecule has 0 aliphatic rings. The summed E-state index contributed by atoms with van der Waals surface area (Å²) in [5.74, 6) is 0.905. The molecule has 0 spiro atoms. The number of aromatic nitrogens is 2. The number of imidazole rings is 1.